The first-order valence-corrected chi connectivity index (χ1v) is 9.42. The topological polar surface area (TPSA) is 75.8 Å². The summed E-state index contributed by atoms with van der Waals surface area (Å²) in [7, 11) is 0. The van der Waals surface area contributed by atoms with E-state index in [0.29, 0.717) is 24.7 Å². The number of hydrogen-bond acceptors (Lipinski definition) is 6. The Hall–Kier alpha value is -2.74. The molecular formula is C19H19FN2O4S. The average molecular weight is 390 g/mol. The van der Waals surface area contributed by atoms with Gasteiger partial charge in [0.1, 0.15) is 17.1 Å². The number of aromatic nitrogens is 1. The molecule has 0 amide bonds. The summed E-state index contributed by atoms with van der Waals surface area (Å²) < 4.78 is 23.2. The van der Waals surface area contributed by atoms with Gasteiger partial charge in [-0.05, 0) is 42.4 Å². The summed E-state index contributed by atoms with van der Waals surface area (Å²) in [5, 5.41) is 9.72. The minimum absolute atomic E-state index is 0.245. The molecule has 0 saturated heterocycles. The van der Waals surface area contributed by atoms with Crippen LogP contribution < -0.4 is 0 Å². The third-order valence-corrected chi connectivity index (χ3v) is 5.09. The molecular weight excluding hydrogens is 371 g/mol. The summed E-state index contributed by atoms with van der Waals surface area (Å²) in [6.45, 7) is 1.03. The molecule has 6 nitrogen and oxygen atoms in total. The molecule has 0 spiro atoms. The van der Waals surface area contributed by atoms with Crippen molar-refractivity contribution in [1.29, 1.82) is 0 Å². The number of allylic oxidation sites excluding steroid dienone is 1. The summed E-state index contributed by atoms with van der Waals surface area (Å²) in [5.41, 5.74) is 1.06. The van der Waals surface area contributed by atoms with Crippen molar-refractivity contribution in [3.05, 3.63) is 76.9 Å². The summed E-state index contributed by atoms with van der Waals surface area (Å²) >= 11 is 1.52. The van der Waals surface area contributed by atoms with Gasteiger partial charge in [-0.3, -0.25) is 0 Å². The van der Waals surface area contributed by atoms with Crippen LogP contribution in [0.2, 0.25) is 0 Å². The highest BCUT2D eigenvalue weighted by molar-refractivity contribution is 8.03. The number of rotatable bonds is 8. The maximum Gasteiger partial charge on any atom is 0.511 e. The van der Waals surface area contributed by atoms with E-state index >= 15 is 0 Å². The molecule has 27 heavy (non-hydrogen) atoms. The van der Waals surface area contributed by atoms with E-state index in [1.807, 2.05) is 11.0 Å². The zero-order valence-corrected chi connectivity index (χ0v) is 15.3. The SMILES string of the molecule is O=C(O)OC1=C(SCCCc2ccc(F)cc2)N(Cc2ncco2)CC=C1. The fourth-order valence-corrected chi connectivity index (χ4v) is 3.71. The fourth-order valence-electron chi connectivity index (χ4n) is 2.66. The predicted molar refractivity (Wildman–Crippen MR) is 99.4 cm³/mol. The quantitative estimate of drug-likeness (QED) is 0.528. The van der Waals surface area contributed by atoms with Crippen LogP contribution in [0.5, 0.6) is 0 Å². The molecule has 0 radical (unpaired) electrons. The summed E-state index contributed by atoms with van der Waals surface area (Å²) in [4.78, 5) is 17.1. The standard InChI is InChI=1S/C19H19FN2O4S/c20-15-7-5-14(6-8-15)3-2-12-27-18-16(26-19(23)24)4-1-10-22(18)13-17-21-9-11-25-17/h1,4-9,11H,2-3,10,12-13H2,(H,23,24). The zero-order valence-electron chi connectivity index (χ0n) is 14.5. The van der Waals surface area contributed by atoms with Crippen LogP contribution in [0, 0.1) is 5.82 Å². The Balaban J connectivity index is 1.63. The maximum atomic E-state index is 13.0. The van der Waals surface area contributed by atoms with E-state index < -0.39 is 6.16 Å². The molecule has 0 bridgehead atoms. The molecule has 1 aliphatic heterocycles. The monoisotopic (exact) mass is 390 g/mol. The molecule has 0 fully saturated rings. The molecule has 2 heterocycles. The van der Waals surface area contributed by atoms with E-state index in [1.54, 1.807) is 24.4 Å². The predicted octanol–water partition coefficient (Wildman–Crippen LogP) is 4.42. The Morgan fingerprint density at radius 2 is 2.19 bits per heavy atom. The number of benzene rings is 1. The summed E-state index contributed by atoms with van der Waals surface area (Å²) in [6.07, 6.45) is 6.90. The van der Waals surface area contributed by atoms with Gasteiger partial charge in [-0.2, -0.15) is 0 Å². The molecule has 1 aromatic heterocycles. The van der Waals surface area contributed by atoms with Crippen LogP contribution >= 0.6 is 11.8 Å². The zero-order chi connectivity index (χ0) is 19.1. The molecule has 142 valence electrons. The largest absolute Gasteiger partial charge is 0.511 e. The third-order valence-electron chi connectivity index (χ3n) is 3.86. The van der Waals surface area contributed by atoms with E-state index in [1.165, 1.54) is 30.2 Å². The van der Waals surface area contributed by atoms with Crippen LogP contribution in [0.25, 0.3) is 0 Å². The number of nitrogens with zero attached hydrogens (tertiary/aromatic N) is 2. The van der Waals surface area contributed by atoms with Crippen molar-refractivity contribution in [2.24, 2.45) is 0 Å². The molecule has 0 unspecified atom stereocenters. The Morgan fingerprint density at radius 1 is 1.37 bits per heavy atom. The van der Waals surface area contributed by atoms with Gasteiger partial charge in [0.25, 0.3) is 0 Å². The Kier molecular flexibility index (Phi) is 6.54. The second-order valence-corrected chi connectivity index (χ2v) is 6.91. The van der Waals surface area contributed by atoms with Gasteiger partial charge in [0.2, 0.25) is 5.89 Å². The van der Waals surface area contributed by atoms with Crippen molar-refractivity contribution >= 4 is 17.9 Å². The van der Waals surface area contributed by atoms with Gasteiger partial charge in [0, 0.05) is 6.54 Å². The minimum Gasteiger partial charge on any atom is -0.449 e. The molecule has 2 aromatic rings. The molecule has 0 saturated carbocycles. The summed E-state index contributed by atoms with van der Waals surface area (Å²) in [5.74, 6) is 1.36. The van der Waals surface area contributed by atoms with Crippen molar-refractivity contribution in [2.75, 3.05) is 12.3 Å². The number of halogens is 1. The van der Waals surface area contributed by atoms with E-state index in [0.717, 1.165) is 29.2 Å². The average Bonchev–Trinajstić information content (AvgIpc) is 3.14. The Morgan fingerprint density at radius 3 is 2.89 bits per heavy atom. The highest BCUT2D eigenvalue weighted by Gasteiger charge is 2.21. The first-order valence-electron chi connectivity index (χ1n) is 8.44. The van der Waals surface area contributed by atoms with Gasteiger partial charge in [-0.25, -0.2) is 14.2 Å². The second kappa shape index (κ2) is 9.27. The van der Waals surface area contributed by atoms with Crippen LogP contribution in [0.3, 0.4) is 0 Å². The Labute approximate surface area is 160 Å². The van der Waals surface area contributed by atoms with Crippen molar-refractivity contribution < 1.29 is 23.4 Å². The van der Waals surface area contributed by atoms with E-state index in [9.17, 15) is 9.18 Å². The highest BCUT2D eigenvalue weighted by atomic mass is 32.2. The van der Waals surface area contributed by atoms with Crippen LogP contribution in [-0.4, -0.2) is 33.4 Å². The van der Waals surface area contributed by atoms with Crippen LogP contribution in [0.15, 0.2) is 64.1 Å². The van der Waals surface area contributed by atoms with Crippen molar-refractivity contribution in [2.45, 2.75) is 19.4 Å². The van der Waals surface area contributed by atoms with Gasteiger partial charge >= 0.3 is 6.16 Å². The van der Waals surface area contributed by atoms with Crippen LogP contribution in [-0.2, 0) is 17.7 Å². The third kappa shape index (κ3) is 5.62. The number of aryl methyl sites for hydroxylation is 1. The molecule has 1 N–H and O–H groups in total. The molecule has 1 aromatic carbocycles. The number of carbonyl (C=O) groups is 1. The van der Waals surface area contributed by atoms with Crippen LogP contribution in [0.1, 0.15) is 17.9 Å². The number of carboxylic acid groups (broad SMARTS) is 1. The summed E-state index contributed by atoms with van der Waals surface area (Å²) in [6, 6.07) is 6.45. The first-order chi connectivity index (χ1) is 13.1. The number of thioether (sulfide) groups is 1. The van der Waals surface area contributed by atoms with Gasteiger partial charge in [-0.15, -0.1) is 11.8 Å². The van der Waals surface area contributed by atoms with Crippen molar-refractivity contribution in [3.8, 4) is 0 Å². The van der Waals surface area contributed by atoms with Gasteiger partial charge in [-0.1, -0.05) is 18.2 Å². The second-order valence-electron chi connectivity index (χ2n) is 5.82. The van der Waals surface area contributed by atoms with Crippen molar-refractivity contribution in [1.82, 2.24) is 9.88 Å². The first kappa shape index (κ1) is 19.0. The lowest BCUT2D eigenvalue weighted by atomic mass is 10.1. The van der Waals surface area contributed by atoms with E-state index in [2.05, 4.69) is 4.98 Å². The fraction of sp³-hybridized carbons (Fsp3) is 0.263. The van der Waals surface area contributed by atoms with E-state index in [-0.39, 0.29) is 5.82 Å². The minimum atomic E-state index is -1.35. The van der Waals surface area contributed by atoms with Gasteiger partial charge in [0.15, 0.2) is 5.76 Å². The van der Waals surface area contributed by atoms with Gasteiger partial charge < -0.3 is 19.2 Å². The van der Waals surface area contributed by atoms with Crippen molar-refractivity contribution in [3.63, 3.8) is 0 Å². The lowest BCUT2D eigenvalue weighted by molar-refractivity contribution is 0.119. The lowest BCUT2D eigenvalue weighted by Crippen LogP contribution is -2.26. The normalized spacial score (nSPS) is 13.9. The molecule has 1 aliphatic rings. The molecule has 0 aliphatic carbocycles. The smallest absolute Gasteiger partial charge is 0.449 e. The van der Waals surface area contributed by atoms with E-state index in [4.69, 9.17) is 14.3 Å². The molecule has 8 heteroatoms. The maximum absolute atomic E-state index is 13.0. The number of oxazole rings is 1. The number of hydrogen-bond donors (Lipinski definition) is 1. The number of ether oxygens (including phenoxy) is 1. The molecule has 0 atom stereocenters. The van der Waals surface area contributed by atoms with Gasteiger partial charge in [0.05, 0.1) is 12.7 Å². The van der Waals surface area contributed by atoms with Crippen LogP contribution in [0.4, 0.5) is 9.18 Å². The lowest BCUT2D eigenvalue weighted by Gasteiger charge is -2.28. The highest BCUT2D eigenvalue weighted by Crippen LogP contribution is 2.30. The molecule has 3 rings (SSSR count). The Bertz CT molecular complexity index is 819.